The Morgan fingerprint density at radius 3 is 1.95 bits per heavy atom. The topological polar surface area (TPSA) is 218 Å². The van der Waals surface area contributed by atoms with Gasteiger partial charge in [-0.15, -0.1) is 0 Å². The third-order valence-electron chi connectivity index (χ3n) is 7.15. The minimum atomic E-state index is -2.74. The molecule has 4 N–H and O–H groups in total. The van der Waals surface area contributed by atoms with Crippen molar-refractivity contribution in [2.75, 3.05) is 38.3 Å². The molecule has 1 fully saturated rings. The molecule has 1 aromatic carbocycles. The molecule has 3 rings (SSSR count). The largest absolute Gasteiger partial charge is 0.481 e. The van der Waals surface area contributed by atoms with Crippen LogP contribution >= 0.6 is 0 Å². The minimum absolute atomic E-state index is 0.106. The number of para-hydroxylation sites is 1. The van der Waals surface area contributed by atoms with Crippen LogP contribution in [0.4, 0.5) is 5.69 Å². The molecule has 238 valence electrons. The number of methoxy groups -OCH3 is 1. The molecule has 1 saturated heterocycles. The molecule has 1 aliphatic heterocycles. The zero-order chi connectivity index (χ0) is 32.2. The zero-order valence-electron chi connectivity index (χ0n) is 24.6. The summed E-state index contributed by atoms with van der Waals surface area (Å²) in [5, 5.41) is 41.6. The first-order valence-corrected chi connectivity index (χ1v) is 13.8. The average molecular weight is 609 g/mol. The molecule has 0 radical (unpaired) electrons. The molecule has 1 aromatic heterocycles. The molecule has 1 aliphatic rings. The van der Waals surface area contributed by atoms with Gasteiger partial charge in [-0.3, -0.25) is 14.4 Å². The highest BCUT2D eigenvalue weighted by molar-refractivity contribution is 5.94. The van der Waals surface area contributed by atoms with Crippen LogP contribution in [0.5, 0.6) is 0 Å². The van der Waals surface area contributed by atoms with Gasteiger partial charge >= 0.3 is 23.6 Å². The molecule has 1 amide bonds. The zero-order valence-corrected chi connectivity index (χ0v) is 24.6. The molecule has 0 saturated carbocycles. The van der Waals surface area contributed by atoms with E-state index >= 15 is 0 Å². The number of carboxylic acids is 3. The lowest BCUT2D eigenvalue weighted by Crippen LogP contribution is -2.60. The second kappa shape index (κ2) is 15.9. The number of aliphatic hydroxyl groups is 1. The van der Waals surface area contributed by atoms with Crippen molar-refractivity contribution in [3.63, 3.8) is 0 Å². The molecular weight excluding hydrogens is 568 g/mol. The first-order chi connectivity index (χ1) is 20.3. The number of amides is 1. The van der Waals surface area contributed by atoms with Crippen LogP contribution in [0.2, 0.25) is 0 Å². The number of aromatic nitrogens is 4. The van der Waals surface area contributed by atoms with Gasteiger partial charge in [0.2, 0.25) is 5.91 Å². The van der Waals surface area contributed by atoms with Gasteiger partial charge in [0.15, 0.2) is 5.60 Å². The smallest absolute Gasteiger partial charge is 0.363 e. The van der Waals surface area contributed by atoms with Gasteiger partial charge in [-0.25, -0.2) is 9.59 Å². The number of tetrazole rings is 1. The van der Waals surface area contributed by atoms with Crippen molar-refractivity contribution in [2.24, 2.45) is 0 Å². The molecule has 0 bridgehead atoms. The number of ether oxygens (including phenoxy) is 1. The summed E-state index contributed by atoms with van der Waals surface area (Å²) < 4.78 is 8.37. The lowest BCUT2D eigenvalue weighted by Gasteiger charge is -2.48. The van der Waals surface area contributed by atoms with E-state index in [2.05, 4.69) is 15.3 Å². The highest BCUT2D eigenvalue weighted by Crippen LogP contribution is 2.34. The molecule has 0 spiro atoms. The fourth-order valence-corrected chi connectivity index (χ4v) is 4.91. The van der Waals surface area contributed by atoms with Gasteiger partial charge in [-0.2, -0.15) is 9.36 Å². The number of carbonyl (C=O) groups is 4. The number of piperidine rings is 1. The number of carboxylic acid groups (broad SMARTS) is 3. The van der Waals surface area contributed by atoms with Gasteiger partial charge in [0, 0.05) is 45.4 Å². The number of anilines is 1. The molecule has 0 unspecified atom stereocenters. The number of aryl methyl sites for hydroxylation is 1. The predicted molar refractivity (Wildman–Crippen MR) is 152 cm³/mol. The van der Waals surface area contributed by atoms with Crippen LogP contribution in [0.25, 0.3) is 0 Å². The van der Waals surface area contributed by atoms with Gasteiger partial charge in [0.1, 0.15) is 0 Å². The summed E-state index contributed by atoms with van der Waals surface area (Å²) in [6, 6.07) is 9.85. The van der Waals surface area contributed by atoms with Crippen molar-refractivity contribution < 1.29 is 44.3 Å². The maximum atomic E-state index is 13.0. The summed E-state index contributed by atoms with van der Waals surface area (Å²) in [5.41, 5.74) is -2.37. The fourth-order valence-electron chi connectivity index (χ4n) is 4.91. The van der Waals surface area contributed by atoms with Crippen LogP contribution in [0.1, 0.15) is 46.0 Å². The lowest BCUT2D eigenvalue weighted by molar-refractivity contribution is -0.170. The second-order valence-corrected chi connectivity index (χ2v) is 10.2. The van der Waals surface area contributed by atoms with Crippen molar-refractivity contribution in [1.29, 1.82) is 0 Å². The summed E-state index contributed by atoms with van der Waals surface area (Å²) in [5.74, 6) is -4.91. The third kappa shape index (κ3) is 9.42. The number of nitrogens with zero attached hydrogens (tertiary/aromatic N) is 6. The molecule has 2 aromatic rings. The van der Waals surface area contributed by atoms with Crippen LogP contribution in [-0.4, -0.2) is 113 Å². The van der Waals surface area contributed by atoms with Crippen LogP contribution in [-0.2, 0) is 37.0 Å². The van der Waals surface area contributed by atoms with Crippen LogP contribution in [0, 0.1) is 0 Å². The number of hydrogen-bond donors (Lipinski definition) is 4. The van der Waals surface area contributed by atoms with Gasteiger partial charge < -0.3 is 35.0 Å². The number of likely N-dealkylation sites (tertiary alicyclic amines) is 1. The molecule has 0 aliphatic carbocycles. The third-order valence-corrected chi connectivity index (χ3v) is 7.15. The van der Waals surface area contributed by atoms with E-state index in [0.717, 1.165) is 38.2 Å². The normalized spacial score (nSPS) is 14.8. The first-order valence-electron chi connectivity index (χ1n) is 13.8. The Morgan fingerprint density at radius 1 is 0.953 bits per heavy atom. The van der Waals surface area contributed by atoms with Crippen molar-refractivity contribution in [1.82, 2.24) is 24.7 Å². The average Bonchev–Trinajstić information content (AvgIpc) is 3.32. The molecular formula is C27H40N6O10. The van der Waals surface area contributed by atoms with E-state index in [1.165, 1.54) is 9.36 Å². The Balaban J connectivity index is 0.000000420. The Morgan fingerprint density at radius 2 is 1.51 bits per heavy atom. The first kappa shape index (κ1) is 35.0. The van der Waals surface area contributed by atoms with E-state index < -0.39 is 36.4 Å². The maximum absolute atomic E-state index is 13.0. The summed E-state index contributed by atoms with van der Waals surface area (Å²) in [6.45, 7) is 7.64. The highest BCUT2D eigenvalue weighted by atomic mass is 16.5. The summed E-state index contributed by atoms with van der Waals surface area (Å²) in [4.78, 5) is 59.8. The van der Waals surface area contributed by atoms with Gasteiger partial charge in [-0.05, 0) is 42.3 Å². The van der Waals surface area contributed by atoms with Gasteiger partial charge in [0.05, 0.1) is 31.5 Å². The minimum Gasteiger partial charge on any atom is -0.481 e. The number of aliphatic carboxylic acids is 3. The molecule has 2 heterocycles. The van der Waals surface area contributed by atoms with Crippen LogP contribution in [0.15, 0.2) is 35.1 Å². The molecule has 16 nitrogen and oxygen atoms in total. The highest BCUT2D eigenvalue weighted by Gasteiger charge is 2.43. The number of rotatable bonds is 14. The molecule has 16 heteroatoms. The number of hydrogen-bond acceptors (Lipinski definition) is 10. The maximum Gasteiger partial charge on any atom is 0.363 e. The Labute approximate surface area is 248 Å². The van der Waals surface area contributed by atoms with E-state index in [4.69, 9.17) is 25.2 Å². The van der Waals surface area contributed by atoms with Gasteiger partial charge in [0.25, 0.3) is 0 Å². The molecule has 0 atom stereocenters. The number of carbonyl (C=O) groups excluding carboxylic acids is 1. The van der Waals surface area contributed by atoms with Crippen molar-refractivity contribution in [3.05, 3.63) is 40.8 Å². The standard InChI is InChI=1S/C21H32N6O3.C6H8O7/c1-4-19(28)27(18-9-7-6-8-10-18)21(17-30-3)11-13-24(14-12-21)15-16-26-20(29)25(5-2)22-23-26;7-3(8)1-6(13,5(11)12)2-4(9)10/h6-10H,4-5,11-17H2,1-3H3;13H,1-2H2,(H,7,8)(H,9,10)(H,11,12). The Bertz CT molecular complexity index is 1270. The lowest BCUT2D eigenvalue weighted by atomic mass is 9.85. The van der Waals surface area contributed by atoms with E-state index in [1.54, 1.807) is 7.11 Å². The van der Waals surface area contributed by atoms with Crippen LogP contribution in [0.3, 0.4) is 0 Å². The van der Waals surface area contributed by atoms with Crippen molar-refractivity contribution in [3.8, 4) is 0 Å². The Hall–Kier alpha value is -4.15. The van der Waals surface area contributed by atoms with Crippen molar-refractivity contribution >= 4 is 29.5 Å². The van der Waals surface area contributed by atoms with E-state index in [1.807, 2.05) is 49.1 Å². The molecule has 43 heavy (non-hydrogen) atoms. The predicted octanol–water partition coefficient (Wildman–Crippen LogP) is 0.135. The van der Waals surface area contributed by atoms with E-state index in [0.29, 0.717) is 26.1 Å². The summed E-state index contributed by atoms with van der Waals surface area (Å²) in [7, 11) is 1.69. The monoisotopic (exact) mass is 608 g/mol. The fraction of sp³-hybridized carbons (Fsp3) is 0.593. The van der Waals surface area contributed by atoms with Crippen molar-refractivity contribution in [2.45, 2.75) is 70.2 Å². The second-order valence-electron chi connectivity index (χ2n) is 10.2. The summed E-state index contributed by atoms with van der Waals surface area (Å²) >= 11 is 0. The van der Waals surface area contributed by atoms with E-state index in [9.17, 15) is 24.0 Å². The van der Waals surface area contributed by atoms with Crippen LogP contribution < -0.4 is 10.6 Å². The van der Waals surface area contributed by atoms with Gasteiger partial charge in [-0.1, -0.05) is 25.1 Å². The quantitative estimate of drug-likeness (QED) is 0.225. The Kier molecular flexibility index (Phi) is 13.0. The SMILES string of the molecule is CCC(=O)N(c1ccccc1)C1(COC)CCN(CCn2nnn(CC)c2=O)CC1.O=C(O)CC(O)(CC(=O)O)C(=O)O. The van der Waals surface area contributed by atoms with E-state index in [-0.39, 0.29) is 17.1 Å². The summed E-state index contributed by atoms with van der Waals surface area (Å²) in [6.07, 6.45) is -0.237. The number of benzene rings is 1.